The molecule has 210 valence electrons. The third-order valence-electron chi connectivity index (χ3n) is 6.96. The Bertz CT molecular complexity index is 1690. The van der Waals surface area contributed by atoms with Crippen molar-refractivity contribution in [3.8, 4) is 0 Å². The van der Waals surface area contributed by atoms with Crippen LogP contribution in [0.4, 0.5) is 10.1 Å². The van der Waals surface area contributed by atoms with E-state index in [1.54, 1.807) is 10.8 Å². The maximum absolute atomic E-state index is 14.3. The van der Waals surface area contributed by atoms with Crippen molar-refractivity contribution in [3.63, 3.8) is 0 Å². The molecule has 2 aromatic rings. The number of halogens is 1. The summed E-state index contributed by atoms with van der Waals surface area (Å²) in [6, 6.07) is -1.30. The first kappa shape index (κ1) is 20.6. The molecule has 39 heavy (non-hydrogen) atoms. The number of nitrogens with zero attached hydrogens (tertiary/aromatic N) is 2. The average molecular weight is 566 g/mol. The van der Waals surface area contributed by atoms with Crippen LogP contribution in [0.5, 0.6) is 0 Å². The number of hydrogen-bond donors (Lipinski definition) is 2. The van der Waals surface area contributed by atoms with Crippen LogP contribution < -0.4 is 15.4 Å². The summed E-state index contributed by atoms with van der Waals surface area (Å²) >= 11 is 0. The fourth-order valence-electron chi connectivity index (χ4n) is 4.88. The van der Waals surface area contributed by atoms with Gasteiger partial charge >= 0.3 is 0 Å². The van der Waals surface area contributed by atoms with Crippen molar-refractivity contribution in [2.75, 3.05) is 36.8 Å². The van der Waals surface area contributed by atoms with E-state index in [1.807, 2.05) is 0 Å². The first-order chi connectivity index (χ1) is 21.1. The lowest BCUT2D eigenvalue weighted by Gasteiger charge is -2.42. The van der Waals surface area contributed by atoms with Gasteiger partial charge in [0.05, 0.1) is 40.2 Å². The van der Waals surface area contributed by atoms with Gasteiger partial charge in [-0.15, -0.1) is 0 Å². The Kier molecular flexibility index (Phi) is 5.87. The van der Waals surface area contributed by atoms with Gasteiger partial charge in [-0.05, 0) is 56.0 Å². The summed E-state index contributed by atoms with van der Waals surface area (Å²) < 4.78 is 103. The molecule has 1 atom stereocenters. The second kappa shape index (κ2) is 11.1. The van der Waals surface area contributed by atoms with E-state index in [1.165, 1.54) is 36.4 Å². The first-order valence-electron chi connectivity index (χ1n) is 15.7. The van der Waals surface area contributed by atoms with Gasteiger partial charge in [-0.1, -0.05) is 30.2 Å². The molecule has 0 radical (unpaired) electrons. The SMILES string of the molecule is [2H]c1c([2H])c([2H])c(C([2H])([2H])OC[C@H](NC(=O)C(C)(C)N)C(=C=O)N2CCC3(CC2)CN(S(C)(=O)=O)c2ccc(F)cc23)c([2H])c1[2H]. The van der Waals surface area contributed by atoms with Crippen LogP contribution in [-0.2, 0) is 36.3 Å². The zero-order valence-electron chi connectivity index (χ0n) is 28.9. The number of rotatable bonds is 9. The van der Waals surface area contributed by atoms with E-state index in [-0.39, 0.29) is 38.2 Å². The normalized spacial score (nSPS) is 20.4. The first-order valence-corrected chi connectivity index (χ1v) is 14.1. The van der Waals surface area contributed by atoms with Crippen molar-refractivity contribution < 1.29 is 36.7 Å². The number of sulfonamides is 1. The van der Waals surface area contributed by atoms with E-state index in [0.717, 1.165) is 6.26 Å². The number of anilines is 1. The molecule has 1 spiro atoms. The summed E-state index contributed by atoms with van der Waals surface area (Å²) in [6.45, 7) is -0.502. The van der Waals surface area contributed by atoms with E-state index in [9.17, 15) is 22.4 Å². The number of nitrogens with two attached hydrogens (primary N) is 1. The lowest BCUT2D eigenvalue weighted by Crippen LogP contribution is -2.56. The fourth-order valence-corrected chi connectivity index (χ4v) is 5.88. The number of fused-ring (bicyclic) bond motifs is 2. The van der Waals surface area contributed by atoms with Crippen LogP contribution in [-0.4, -0.2) is 69.2 Å². The largest absolute Gasteiger partial charge is 0.374 e. The Morgan fingerprint density at radius 1 is 1.31 bits per heavy atom. The molecule has 2 aliphatic rings. The van der Waals surface area contributed by atoms with E-state index < -0.39 is 87.7 Å². The summed E-state index contributed by atoms with van der Waals surface area (Å²) in [7, 11) is -3.68. The van der Waals surface area contributed by atoms with E-state index in [4.69, 9.17) is 20.1 Å². The van der Waals surface area contributed by atoms with Gasteiger partial charge in [-0.25, -0.2) is 17.6 Å². The quantitative estimate of drug-likeness (QED) is 0.447. The van der Waals surface area contributed by atoms with Gasteiger partial charge in [-0.3, -0.25) is 9.10 Å². The summed E-state index contributed by atoms with van der Waals surface area (Å²) in [5.41, 5.74) is 3.75. The summed E-state index contributed by atoms with van der Waals surface area (Å²) in [5.74, 6) is 0.550. The van der Waals surface area contributed by atoms with Crippen molar-refractivity contribution >= 4 is 27.6 Å². The molecule has 1 amide bonds. The number of piperidine rings is 1. The highest BCUT2D eigenvalue weighted by molar-refractivity contribution is 7.92. The van der Waals surface area contributed by atoms with Gasteiger partial charge in [0.2, 0.25) is 15.9 Å². The van der Waals surface area contributed by atoms with Crippen molar-refractivity contribution in [3.05, 3.63) is 71.1 Å². The van der Waals surface area contributed by atoms with E-state index >= 15 is 0 Å². The molecule has 9 nitrogen and oxygen atoms in total. The molecule has 2 aromatic carbocycles. The number of carbonyl (C=O) groups is 1. The minimum atomic E-state index is -3.68. The second-order valence-corrected chi connectivity index (χ2v) is 12.3. The Morgan fingerprint density at radius 3 is 2.56 bits per heavy atom. The van der Waals surface area contributed by atoms with Crippen molar-refractivity contribution in [1.29, 1.82) is 0 Å². The van der Waals surface area contributed by atoms with E-state index in [0.29, 0.717) is 11.3 Å². The molecule has 1 fully saturated rings. The molecule has 3 N–H and O–H groups in total. The minimum absolute atomic E-state index is 0.0709. The zero-order chi connectivity index (χ0) is 34.6. The Hall–Kier alpha value is -3.24. The smallest absolute Gasteiger partial charge is 0.240 e. The molecule has 0 saturated carbocycles. The molecule has 2 heterocycles. The van der Waals surface area contributed by atoms with Crippen LogP contribution in [0.2, 0.25) is 0 Å². The third-order valence-corrected chi connectivity index (χ3v) is 8.08. The highest BCUT2D eigenvalue weighted by Gasteiger charge is 2.48. The van der Waals surface area contributed by atoms with Crippen molar-refractivity contribution in [2.24, 2.45) is 5.73 Å². The number of carbonyl (C=O) groups excluding carboxylic acids is 2. The topological polar surface area (TPSA) is 122 Å². The number of benzene rings is 2. The molecular formula is C28H35FN4O5S. The molecule has 1 saturated heterocycles. The number of amides is 1. The molecule has 4 rings (SSSR count). The number of nitrogens with one attached hydrogen (secondary N) is 1. The average Bonchev–Trinajstić information content (AvgIpc) is 3.27. The molecule has 0 bridgehead atoms. The van der Waals surface area contributed by atoms with Gasteiger partial charge in [0.15, 0.2) is 0 Å². The minimum Gasteiger partial charge on any atom is -0.374 e. The lowest BCUT2D eigenvalue weighted by molar-refractivity contribution is -0.126. The van der Waals surface area contributed by atoms with Crippen LogP contribution in [0, 0.1) is 5.82 Å². The Balaban J connectivity index is 1.62. The number of ether oxygens (including phenoxy) is 1. The van der Waals surface area contributed by atoms with E-state index in [2.05, 4.69) is 5.32 Å². The highest BCUT2D eigenvalue weighted by atomic mass is 32.2. The van der Waals surface area contributed by atoms with Gasteiger partial charge in [0.25, 0.3) is 0 Å². The Morgan fingerprint density at radius 2 is 1.97 bits per heavy atom. The summed E-state index contributed by atoms with van der Waals surface area (Å²) in [6.07, 6.45) is 1.64. The summed E-state index contributed by atoms with van der Waals surface area (Å²) in [5, 5.41) is 2.57. The number of likely N-dealkylation sites (tertiary alicyclic amines) is 1. The van der Waals surface area contributed by atoms with Crippen LogP contribution in [0.15, 0.2) is 54.1 Å². The maximum atomic E-state index is 14.3. The monoisotopic (exact) mass is 565 g/mol. The standard InChI is InChI=1S/C28H35FN4O5S/c1-27(2,30)26(35)31-23(18-38-17-20-7-5-4-6-8-20)25(16-34)32-13-11-28(12-14-32)19-33(39(3,36)37)24-10-9-21(29)15-22(24)28/h4-10,15,23H,11-14,17-19,30H2,1-3H3,(H,31,35)/t23-/m0/s1/i4D,5D,6D,7D,8D,17D2. The van der Waals surface area contributed by atoms with Gasteiger partial charge in [0.1, 0.15) is 23.5 Å². The molecule has 0 aliphatic carbocycles. The van der Waals surface area contributed by atoms with Crippen molar-refractivity contribution in [2.45, 2.75) is 50.2 Å². The van der Waals surface area contributed by atoms with Crippen LogP contribution in [0.25, 0.3) is 0 Å². The lowest BCUT2D eigenvalue weighted by atomic mass is 9.74. The maximum Gasteiger partial charge on any atom is 0.240 e. The number of hydrogen-bond acceptors (Lipinski definition) is 7. The van der Waals surface area contributed by atoms with Gasteiger partial charge < -0.3 is 20.7 Å². The highest BCUT2D eigenvalue weighted by Crippen LogP contribution is 2.48. The second-order valence-electron chi connectivity index (χ2n) is 10.3. The van der Waals surface area contributed by atoms with Gasteiger partial charge in [0, 0.05) is 25.0 Å². The molecule has 0 unspecified atom stereocenters. The predicted molar refractivity (Wildman–Crippen MR) is 147 cm³/mol. The van der Waals surface area contributed by atoms with Crippen LogP contribution in [0.3, 0.4) is 0 Å². The van der Waals surface area contributed by atoms with Crippen LogP contribution in [0.1, 0.15) is 47.4 Å². The molecule has 2 aliphatic heterocycles. The molecule has 0 aromatic heterocycles. The van der Waals surface area contributed by atoms with Crippen LogP contribution >= 0.6 is 0 Å². The predicted octanol–water partition coefficient (Wildman–Crippen LogP) is 2.09. The molecule has 11 heteroatoms. The summed E-state index contributed by atoms with van der Waals surface area (Å²) in [4.78, 5) is 27.0. The zero-order valence-corrected chi connectivity index (χ0v) is 22.7. The molecular weight excluding hydrogens is 523 g/mol. The van der Waals surface area contributed by atoms with Gasteiger partial charge in [-0.2, -0.15) is 0 Å². The van der Waals surface area contributed by atoms with Crippen molar-refractivity contribution in [1.82, 2.24) is 10.2 Å². The third kappa shape index (κ3) is 6.33. The fraction of sp³-hybridized carbons (Fsp3) is 0.464. The Labute approximate surface area is 238 Å².